The van der Waals surface area contributed by atoms with E-state index in [0.717, 1.165) is 37.1 Å². The fraction of sp³-hybridized carbons (Fsp3) is 0.368. The van der Waals surface area contributed by atoms with Crippen molar-refractivity contribution in [2.75, 3.05) is 20.6 Å². The normalized spacial score (nSPS) is 17.6. The van der Waals surface area contributed by atoms with E-state index in [0.29, 0.717) is 12.0 Å². The molecule has 6 heteroatoms. The largest absolute Gasteiger partial charge is 0.309 e. The summed E-state index contributed by atoms with van der Waals surface area (Å²) in [6.45, 7) is 0.794. The first-order chi connectivity index (χ1) is 11.8. The van der Waals surface area contributed by atoms with Gasteiger partial charge in [-0.05, 0) is 74.7 Å². The minimum Gasteiger partial charge on any atom is -0.309 e. The van der Waals surface area contributed by atoms with Crippen LogP contribution in [0.5, 0.6) is 0 Å². The molecule has 0 radical (unpaired) electrons. The van der Waals surface area contributed by atoms with Gasteiger partial charge in [0.25, 0.3) is 0 Å². The van der Waals surface area contributed by atoms with Crippen LogP contribution in [0.4, 0.5) is 8.78 Å². The molecule has 0 saturated carbocycles. The van der Waals surface area contributed by atoms with Crippen LogP contribution in [-0.2, 0) is 16.3 Å². The van der Waals surface area contributed by atoms with E-state index in [1.54, 1.807) is 6.07 Å². The summed E-state index contributed by atoms with van der Waals surface area (Å²) in [5.41, 5.74) is 1.37. The van der Waals surface area contributed by atoms with Gasteiger partial charge in [-0.2, -0.15) is 0 Å². The Morgan fingerprint density at radius 2 is 1.92 bits per heavy atom. The molecule has 3 rings (SSSR count). The highest BCUT2D eigenvalue weighted by Gasteiger charge is 2.29. The van der Waals surface area contributed by atoms with Crippen LogP contribution in [0.15, 0.2) is 46.2 Å². The summed E-state index contributed by atoms with van der Waals surface area (Å²) >= 11 is 0. The first-order valence-corrected chi connectivity index (χ1v) is 9.75. The van der Waals surface area contributed by atoms with E-state index in [1.165, 1.54) is 18.2 Å². The monoisotopic (exact) mass is 365 g/mol. The van der Waals surface area contributed by atoms with Crippen LogP contribution in [0, 0.1) is 11.6 Å². The summed E-state index contributed by atoms with van der Waals surface area (Å²) < 4.78 is 53.9. The van der Waals surface area contributed by atoms with Gasteiger partial charge in [0.1, 0.15) is 16.5 Å². The van der Waals surface area contributed by atoms with Crippen molar-refractivity contribution in [2.24, 2.45) is 0 Å². The number of benzene rings is 2. The molecule has 0 aromatic heterocycles. The Labute approximate surface area is 147 Å². The lowest BCUT2D eigenvalue weighted by molar-refractivity contribution is 0.349. The molecular formula is C19H21F2NO2S. The fourth-order valence-corrected chi connectivity index (χ4v) is 4.92. The molecule has 0 amide bonds. The van der Waals surface area contributed by atoms with Crippen LogP contribution in [0.2, 0.25) is 0 Å². The second kappa shape index (κ2) is 6.84. The Kier molecular flexibility index (Phi) is 4.93. The van der Waals surface area contributed by atoms with Crippen molar-refractivity contribution < 1.29 is 17.2 Å². The maximum Gasteiger partial charge on any atom is 0.209 e. The molecule has 0 bridgehead atoms. The van der Waals surface area contributed by atoms with Gasteiger partial charge in [-0.1, -0.05) is 12.1 Å². The van der Waals surface area contributed by atoms with Crippen LogP contribution >= 0.6 is 0 Å². The Morgan fingerprint density at radius 1 is 1.16 bits per heavy atom. The molecule has 0 N–H and O–H groups in total. The topological polar surface area (TPSA) is 37.4 Å². The molecule has 0 heterocycles. The van der Waals surface area contributed by atoms with E-state index in [9.17, 15) is 12.8 Å². The lowest BCUT2D eigenvalue weighted by atomic mass is 9.82. The second-order valence-corrected chi connectivity index (χ2v) is 8.68. The second-order valence-electron chi connectivity index (χ2n) is 6.76. The van der Waals surface area contributed by atoms with Gasteiger partial charge in [0.15, 0.2) is 0 Å². The highest BCUT2D eigenvalue weighted by molar-refractivity contribution is 7.91. The SMILES string of the molecule is CN(C)C[C@@H]1CCCc2c1ccc(S(=O)(=O)c1cccc(F)c1)c2F. The number of sulfone groups is 1. The predicted molar refractivity (Wildman–Crippen MR) is 92.5 cm³/mol. The summed E-state index contributed by atoms with van der Waals surface area (Å²) in [6, 6.07) is 7.72. The number of fused-ring (bicyclic) bond motifs is 1. The van der Waals surface area contributed by atoms with Crippen molar-refractivity contribution in [1.82, 2.24) is 4.90 Å². The third-order valence-corrected chi connectivity index (χ3v) is 6.41. The Hall–Kier alpha value is -1.79. The van der Waals surface area contributed by atoms with Gasteiger partial charge < -0.3 is 4.90 Å². The van der Waals surface area contributed by atoms with Gasteiger partial charge in [-0.15, -0.1) is 0 Å². The number of rotatable bonds is 4. The zero-order chi connectivity index (χ0) is 18.2. The molecule has 1 aliphatic carbocycles. The highest BCUT2D eigenvalue weighted by atomic mass is 32.2. The molecule has 1 atom stereocenters. The zero-order valence-electron chi connectivity index (χ0n) is 14.3. The third kappa shape index (κ3) is 3.46. The number of nitrogens with zero attached hydrogens (tertiary/aromatic N) is 1. The Balaban J connectivity index is 2.08. The number of likely N-dealkylation sites (N-methyl/N-ethyl adjacent to an activating group) is 1. The average Bonchev–Trinajstić information content (AvgIpc) is 2.55. The number of hydrogen-bond donors (Lipinski definition) is 0. The van der Waals surface area contributed by atoms with Crippen molar-refractivity contribution in [1.29, 1.82) is 0 Å². The summed E-state index contributed by atoms with van der Waals surface area (Å²) in [5.74, 6) is -1.16. The molecule has 2 aromatic carbocycles. The summed E-state index contributed by atoms with van der Waals surface area (Å²) in [4.78, 5) is 1.45. The quantitative estimate of drug-likeness (QED) is 0.828. The molecule has 0 fully saturated rings. The molecular weight excluding hydrogens is 344 g/mol. The van der Waals surface area contributed by atoms with E-state index in [1.807, 2.05) is 14.1 Å². The van der Waals surface area contributed by atoms with Crippen LogP contribution in [0.25, 0.3) is 0 Å². The van der Waals surface area contributed by atoms with Crippen LogP contribution < -0.4 is 0 Å². The van der Waals surface area contributed by atoms with Gasteiger partial charge in [-0.3, -0.25) is 0 Å². The molecule has 25 heavy (non-hydrogen) atoms. The molecule has 2 aromatic rings. The van der Waals surface area contributed by atoms with Gasteiger partial charge in [0.2, 0.25) is 9.84 Å². The van der Waals surface area contributed by atoms with E-state index < -0.39 is 21.5 Å². The number of hydrogen-bond acceptors (Lipinski definition) is 3. The van der Waals surface area contributed by atoms with Crippen LogP contribution in [0.1, 0.15) is 29.9 Å². The molecule has 0 spiro atoms. The van der Waals surface area contributed by atoms with Crippen LogP contribution in [0.3, 0.4) is 0 Å². The first-order valence-electron chi connectivity index (χ1n) is 8.27. The lowest BCUT2D eigenvalue weighted by Gasteiger charge is -2.28. The van der Waals surface area contributed by atoms with Crippen molar-refractivity contribution >= 4 is 9.84 Å². The van der Waals surface area contributed by atoms with E-state index in [-0.39, 0.29) is 15.7 Å². The van der Waals surface area contributed by atoms with Crippen LogP contribution in [-0.4, -0.2) is 34.0 Å². The minimum atomic E-state index is -4.09. The molecule has 3 nitrogen and oxygen atoms in total. The van der Waals surface area contributed by atoms with E-state index in [4.69, 9.17) is 0 Å². The van der Waals surface area contributed by atoms with E-state index in [2.05, 4.69) is 4.90 Å². The zero-order valence-corrected chi connectivity index (χ0v) is 15.1. The van der Waals surface area contributed by atoms with Crippen molar-refractivity contribution in [3.05, 3.63) is 59.2 Å². The maximum atomic E-state index is 15.1. The standard InChI is InChI=1S/C19H21F2NO2S/c1-22(2)12-13-5-3-8-17-16(13)9-10-18(19(17)21)25(23,24)15-7-4-6-14(20)11-15/h4,6-7,9-11,13H,3,5,8,12H2,1-2H3/t13-/m0/s1. The lowest BCUT2D eigenvalue weighted by Crippen LogP contribution is -2.24. The van der Waals surface area contributed by atoms with Crippen molar-refractivity contribution in [3.8, 4) is 0 Å². The maximum absolute atomic E-state index is 15.1. The summed E-state index contributed by atoms with van der Waals surface area (Å²) in [5, 5.41) is 0. The molecule has 1 aliphatic rings. The molecule has 134 valence electrons. The van der Waals surface area contributed by atoms with Crippen molar-refractivity contribution in [2.45, 2.75) is 35.0 Å². The number of halogens is 2. The average molecular weight is 365 g/mol. The summed E-state index contributed by atoms with van der Waals surface area (Å²) in [6.07, 6.45) is 2.31. The Morgan fingerprint density at radius 3 is 2.60 bits per heavy atom. The van der Waals surface area contributed by atoms with Gasteiger partial charge in [0, 0.05) is 6.54 Å². The third-order valence-electron chi connectivity index (χ3n) is 4.64. The summed E-state index contributed by atoms with van der Waals surface area (Å²) in [7, 11) is -0.160. The highest BCUT2D eigenvalue weighted by Crippen LogP contribution is 2.36. The predicted octanol–water partition coefficient (Wildman–Crippen LogP) is 3.78. The molecule has 0 aliphatic heterocycles. The first kappa shape index (κ1) is 18.0. The van der Waals surface area contributed by atoms with Crippen molar-refractivity contribution in [3.63, 3.8) is 0 Å². The van der Waals surface area contributed by atoms with Gasteiger partial charge >= 0.3 is 0 Å². The fourth-order valence-electron chi connectivity index (χ4n) is 3.53. The molecule has 0 unspecified atom stereocenters. The smallest absolute Gasteiger partial charge is 0.209 e. The minimum absolute atomic E-state index is 0.194. The molecule has 0 saturated heterocycles. The van der Waals surface area contributed by atoms with E-state index >= 15 is 4.39 Å². The Bertz CT molecular complexity index is 894. The van der Waals surface area contributed by atoms with Gasteiger partial charge in [-0.25, -0.2) is 17.2 Å². The van der Waals surface area contributed by atoms with Gasteiger partial charge in [0.05, 0.1) is 4.90 Å².